The van der Waals surface area contributed by atoms with Crippen molar-refractivity contribution in [3.63, 3.8) is 0 Å². The second-order valence-corrected chi connectivity index (χ2v) is 9.55. The first-order valence-corrected chi connectivity index (χ1v) is 11.5. The predicted octanol–water partition coefficient (Wildman–Crippen LogP) is 2.12. The van der Waals surface area contributed by atoms with Gasteiger partial charge in [-0.15, -0.1) is 11.3 Å². The highest BCUT2D eigenvalue weighted by molar-refractivity contribution is 7.13. The summed E-state index contributed by atoms with van der Waals surface area (Å²) in [6.45, 7) is 9.49. The molecule has 174 valence electrons. The Hall–Kier alpha value is -2.78. The summed E-state index contributed by atoms with van der Waals surface area (Å²) in [5.74, 6) is -1.04. The van der Waals surface area contributed by atoms with E-state index < -0.39 is 23.4 Å². The largest absolute Gasteiger partial charge is 0.350 e. The van der Waals surface area contributed by atoms with Gasteiger partial charge in [0.1, 0.15) is 12.1 Å². The molecule has 8 nitrogen and oxygen atoms in total. The fraction of sp³-hybridized carbons (Fsp3) is 0.478. The number of nitrogens with one attached hydrogen (secondary N) is 3. The normalized spacial score (nSPS) is 13.2. The Labute approximate surface area is 193 Å². The molecule has 2 atom stereocenters. The second-order valence-electron chi connectivity index (χ2n) is 8.70. The minimum atomic E-state index is -0.898. The van der Waals surface area contributed by atoms with Gasteiger partial charge in [0.2, 0.25) is 17.7 Å². The fourth-order valence-corrected chi connectivity index (χ4v) is 3.90. The SMILES string of the molecule is CCC(=O)N[C@H](C(=O)N[C@@H](CN)C(=O)NCc1ccc(-c2scnc2C)cc1)C(C)(C)C. The Morgan fingerprint density at radius 2 is 1.75 bits per heavy atom. The molecule has 0 aliphatic rings. The highest BCUT2D eigenvalue weighted by atomic mass is 32.1. The van der Waals surface area contributed by atoms with Crippen molar-refractivity contribution < 1.29 is 14.4 Å². The van der Waals surface area contributed by atoms with Crippen molar-refractivity contribution in [2.45, 2.75) is 59.7 Å². The van der Waals surface area contributed by atoms with Crippen LogP contribution >= 0.6 is 11.3 Å². The van der Waals surface area contributed by atoms with Crippen molar-refractivity contribution in [1.82, 2.24) is 20.9 Å². The van der Waals surface area contributed by atoms with Gasteiger partial charge in [-0.1, -0.05) is 52.0 Å². The molecule has 2 rings (SSSR count). The van der Waals surface area contributed by atoms with Gasteiger partial charge in [-0.05, 0) is 23.5 Å². The van der Waals surface area contributed by atoms with Crippen LogP contribution in [0.2, 0.25) is 0 Å². The number of thiazole rings is 1. The molecule has 0 spiro atoms. The molecule has 0 saturated heterocycles. The summed E-state index contributed by atoms with van der Waals surface area (Å²) in [5, 5.41) is 8.22. The van der Waals surface area contributed by atoms with E-state index in [1.54, 1.807) is 18.3 Å². The number of carbonyl (C=O) groups excluding carboxylic acids is 3. The average Bonchev–Trinajstić information content (AvgIpc) is 3.19. The number of amides is 3. The standard InChI is InChI=1S/C23H33N5O3S/c1-6-18(29)28-20(23(3,4)5)22(31)27-17(11-24)21(30)25-12-15-7-9-16(10-8-15)19-14(2)26-13-32-19/h7-10,13,17,20H,6,11-12,24H2,1-5H3,(H,25,30)(H,27,31)(H,28,29)/t17-,20+/m0/s1. The summed E-state index contributed by atoms with van der Waals surface area (Å²) in [7, 11) is 0. The third-order valence-corrected chi connectivity index (χ3v) is 6.03. The number of hydrogen-bond donors (Lipinski definition) is 4. The molecule has 1 aromatic heterocycles. The zero-order valence-electron chi connectivity index (χ0n) is 19.3. The van der Waals surface area contributed by atoms with Crippen molar-refractivity contribution in [3.8, 4) is 10.4 Å². The van der Waals surface area contributed by atoms with Gasteiger partial charge in [-0.2, -0.15) is 0 Å². The van der Waals surface area contributed by atoms with E-state index >= 15 is 0 Å². The molecule has 0 bridgehead atoms. The highest BCUT2D eigenvalue weighted by Crippen LogP contribution is 2.27. The van der Waals surface area contributed by atoms with Gasteiger partial charge < -0.3 is 21.7 Å². The van der Waals surface area contributed by atoms with Crippen molar-refractivity contribution in [1.29, 1.82) is 0 Å². The molecule has 0 fully saturated rings. The lowest BCUT2D eigenvalue weighted by Crippen LogP contribution is -2.59. The average molecular weight is 460 g/mol. The highest BCUT2D eigenvalue weighted by Gasteiger charge is 2.34. The molecule has 0 radical (unpaired) electrons. The van der Waals surface area contributed by atoms with Crippen LogP contribution < -0.4 is 21.7 Å². The lowest BCUT2D eigenvalue weighted by Gasteiger charge is -2.31. The molecular weight excluding hydrogens is 426 g/mol. The van der Waals surface area contributed by atoms with Crippen molar-refractivity contribution in [2.75, 3.05) is 6.54 Å². The summed E-state index contributed by atoms with van der Waals surface area (Å²) in [6.07, 6.45) is 0.266. The minimum Gasteiger partial charge on any atom is -0.350 e. The fourth-order valence-electron chi connectivity index (χ4n) is 3.09. The number of rotatable bonds is 9. The van der Waals surface area contributed by atoms with Gasteiger partial charge >= 0.3 is 0 Å². The molecule has 1 heterocycles. The molecule has 5 N–H and O–H groups in total. The number of hydrogen-bond acceptors (Lipinski definition) is 6. The summed E-state index contributed by atoms with van der Waals surface area (Å²) < 4.78 is 0. The summed E-state index contributed by atoms with van der Waals surface area (Å²) in [5.41, 5.74) is 10.0. The Kier molecular flexibility index (Phi) is 8.91. The van der Waals surface area contributed by atoms with Gasteiger partial charge in [0, 0.05) is 19.5 Å². The molecule has 2 aromatic rings. The number of aromatic nitrogens is 1. The smallest absolute Gasteiger partial charge is 0.244 e. The Bertz CT molecular complexity index is 934. The van der Waals surface area contributed by atoms with E-state index in [-0.39, 0.29) is 24.8 Å². The monoisotopic (exact) mass is 459 g/mol. The summed E-state index contributed by atoms with van der Waals surface area (Å²) in [4.78, 5) is 42.7. The number of nitrogens with zero attached hydrogens (tertiary/aromatic N) is 1. The van der Waals surface area contributed by atoms with Crippen LogP contribution in [0.1, 0.15) is 45.4 Å². The van der Waals surface area contributed by atoms with Gasteiger partial charge in [0.25, 0.3) is 0 Å². The van der Waals surface area contributed by atoms with E-state index in [1.807, 2.05) is 57.5 Å². The van der Waals surface area contributed by atoms with Crippen LogP contribution in [0.4, 0.5) is 0 Å². The van der Waals surface area contributed by atoms with Gasteiger partial charge in [0.05, 0.1) is 16.1 Å². The van der Waals surface area contributed by atoms with Crippen molar-refractivity contribution in [2.24, 2.45) is 11.1 Å². The van der Waals surface area contributed by atoms with E-state index in [0.717, 1.165) is 21.7 Å². The van der Waals surface area contributed by atoms with E-state index in [1.165, 1.54) is 0 Å². The third-order valence-electron chi connectivity index (χ3n) is 5.05. The van der Waals surface area contributed by atoms with Gasteiger partial charge in [0.15, 0.2) is 0 Å². The van der Waals surface area contributed by atoms with Crippen LogP contribution in [0, 0.1) is 12.3 Å². The van der Waals surface area contributed by atoms with Crippen LogP contribution in [-0.4, -0.2) is 41.3 Å². The second kappa shape index (κ2) is 11.2. The molecular formula is C23H33N5O3S. The van der Waals surface area contributed by atoms with E-state index in [2.05, 4.69) is 20.9 Å². The maximum atomic E-state index is 12.8. The molecule has 0 saturated carbocycles. The van der Waals surface area contributed by atoms with Crippen molar-refractivity contribution >= 4 is 29.1 Å². The van der Waals surface area contributed by atoms with Gasteiger partial charge in [-0.3, -0.25) is 14.4 Å². The van der Waals surface area contributed by atoms with Crippen LogP contribution in [-0.2, 0) is 20.9 Å². The topological polar surface area (TPSA) is 126 Å². The molecule has 9 heteroatoms. The third kappa shape index (κ3) is 6.86. The van der Waals surface area contributed by atoms with E-state index in [9.17, 15) is 14.4 Å². The molecule has 3 amide bonds. The maximum Gasteiger partial charge on any atom is 0.244 e. The van der Waals surface area contributed by atoms with Gasteiger partial charge in [-0.25, -0.2) is 4.98 Å². The van der Waals surface area contributed by atoms with Crippen LogP contribution in [0.25, 0.3) is 10.4 Å². The zero-order valence-corrected chi connectivity index (χ0v) is 20.1. The Morgan fingerprint density at radius 3 is 2.25 bits per heavy atom. The number of aryl methyl sites for hydroxylation is 1. The quantitative estimate of drug-likeness (QED) is 0.457. The first-order chi connectivity index (χ1) is 15.1. The predicted molar refractivity (Wildman–Crippen MR) is 127 cm³/mol. The number of nitrogens with two attached hydrogens (primary N) is 1. The lowest BCUT2D eigenvalue weighted by atomic mass is 9.85. The molecule has 1 aromatic carbocycles. The molecule has 0 aliphatic heterocycles. The Morgan fingerprint density at radius 1 is 1.09 bits per heavy atom. The summed E-state index contributed by atoms with van der Waals surface area (Å²) >= 11 is 1.59. The van der Waals surface area contributed by atoms with E-state index in [4.69, 9.17) is 5.73 Å². The number of benzene rings is 1. The lowest BCUT2D eigenvalue weighted by molar-refractivity contribution is -0.134. The zero-order chi connectivity index (χ0) is 23.9. The number of carbonyl (C=O) groups is 3. The maximum absolute atomic E-state index is 12.8. The molecule has 0 aliphatic carbocycles. The Balaban J connectivity index is 1.97. The molecule has 32 heavy (non-hydrogen) atoms. The van der Waals surface area contributed by atoms with E-state index in [0.29, 0.717) is 6.54 Å². The first-order valence-electron chi connectivity index (χ1n) is 10.6. The summed E-state index contributed by atoms with van der Waals surface area (Å²) in [6, 6.07) is 6.20. The first kappa shape index (κ1) is 25.5. The molecule has 0 unspecified atom stereocenters. The van der Waals surface area contributed by atoms with Crippen LogP contribution in [0.5, 0.6) is 0 Å². The minimum absolute atomic E-state index is 0.0558. The van der Waals surface area contributed by atoms with Crippen LogP contribution in [0.15, 0.2) is 29.8 Å². The van der Waals surface area contributed by atoms with Crippen molar-refractivity contribution in [3.05, 3.63) is 41.0 Å². The van der Waals surface area contributed by atoms with Crippen LogP contribution in [0.3, 0.4) is 0 Å².